The Bertz CT molecular complexity index is 556. The summed E-state index contributed by atoms with van der Waals surface area (Å²) >= 11 is 3.42. The molecule has 0 aliphatic rings. The van der Waals surface area contributed by atoms with E-state index in [-0.39, 0.29) is 17.1 Å². The Morgan fingerprint density at radius 3 is 1.90 bits per heavy atom. The van der Waals surface area contributed by atoms with Gasteiger partial charge in [0.2, 0.25) is 0 Å². The van der Waals surface area contributed by atoms with Crippen LogP contribution in [-0.2, 0) is 17.1 Å². The van der Waals surface area contributed by atoms with Gasteiger partial charge in [-0.25, -0.2) is 12.1 Å². The van der Waals surface area contributed by atoms with Crippen molar-refractivity contribution in [2.45, 2.75) is 6.10 Å². The molecule has 0 saturated heterocycles. The summed E-state index contributed by atoms with van der Waals surface area (Å²) in [7, 11) is 0. The fourth-order valence-corrected chi connectivity index (χ4v) is 2.27. The summed E-state index contributed by atoms with van der Waals surface area (Å²) in [6.45, 7) is 0. The predicted molar refractivity (Wildman–Crippen MR) is 82.3 cm³/mol. The molecular weight excluding hydrogens is 356 g/mol. The molecule has 0 bridgehead atoms. The topological polar surface area (TPSA) is 20.2 Å². The van der Waals surface area contributed by atoms with Crippen molar-refractivity contribution in [2.24, 2.45) is 0 Å². The van der Waals surface area contributed by atoms with Crippen molar-refractivity contribution in [3.05, 3.63) is 94.5 Å². The average Bonchev–Trinajstić information content (AvgIpc) is 3.14. The van der Waals surface area contributed by atoms with E-state index in [1.807, 2.05) is 78.9 Å². The Morgan fingerprint density at radius 2 is 1.40 bits per heavy atom. The molecule has 0 radical (unpaired) electrons. The van der Waals surface area contributed by atoms with Crippen LogP contribution in [0.5, 0.6) is 0 Å². The summed E-state index contributed by atoms with van der Waals surface area (Å²) in [5.74, 6) is 0. The van der Waals surface area contributed by atoms with Crippen LogP contribution >= 0.6 is 15.9 Å². The first-order chi connectivity index (χ1) is 9.29. The quantitative estimate of drug-likeness (QED) is 0.514. The predicted octanol–water partition coefficient (Wildman–Crippen LogP) is 4.65. The maximum atomic E-state index is 10.0. The van der Waals surface area contributed by atoms with Gasteiger partial charge in [0.25, 0.3) is 0 Å². The fraction of sp³-hybridized carbons (Fsp3) is 0.0588. The Labute approximate surface area is 138 Å². The van der Waals surface area contributed by atoms with Gasteiger partial charge >= 0.3 is 0 Å². The molecule has 3 heteroatoms. The van der Waals surface area contributed by atoms with Crippen molar-refractivity contribution in [3.8, 4) is 0 Å². The first-order valence-electron chi connectivity index (χ1n) is 6.10. The SMILES string of the molecule is OC(c1ccccc1Br)[c-]1cccc1.[Fe].[cH-]1[cH-][cH-][cH-][cH-]1. The van der Waals surface area contributed by atoms with Crippen molar-refractivity contribution in [3.63, 3.8) is 0 Å². The molecule has 0 aromatic heterocycles. The number of hydrogen-bond donors (Lipinski definition) is 1. The van der Waals surface area contributed by atoms with Crippen molar-refractivity contribution >= 4 is 15.9 Å². The molecule has 0 spiro atoms. The van der Waals surface area contributed by atoms with Gasteiger partial charge in [-0.2, -0.15) is 12.1 Å². The largest absolute Gasteiger partial charge is 0.748 e. The van der Waals surface area contributed by atoms with Crippen LogP contribution in [-0.4, -0.2) is 5.11 Å². The van der Waals surface area contributed by atoms with Gasteiger partial charge in [-0.1, -0.05) is 34.1 Å². The molecule has 3 aromatic rings. The molecule has 3 rings (SSSR count). The Kier molecular flexibility index (Phi) is 7.56. The third-order valence-corrected chi connectivity index (χ3v) is 3.48. The number of rotatable bonds is 2. The summed E-state index contributed by atoms with van der Waals surface area (Å²) < 4.78 is 0.939. The summed E-state index contributed by atoms with van der Waals surface area (Å²) in [5, 5.41) is 10.0. The van der Waals surface area contributed by atoms with E-state index >= 15 is 0 Å². The maximum Gasteiger partial charge on any atom is 0.0613 e. The van der Waals surface area contributed by atoms with Crippen LogP contribution in [0.15, 0.2) is 83.3 Å². The smallest absolute Gasteiger partial charge is 0.0613 e. The molecular formula is C17H15BrFeO-6. The van der Waals surface area contributed by atoms with E-state index in [0.717, 1.165) is 15.6 Å². The second-order valence-electron chi connectivity index (χ2n) is 4.10. The second kappa shape index (κ2) is 8.93. The number of halogens is 1. The van der Waals surface area contributed by atoms with Gasteiger partial charge in [0.1, 0.15) is 0 Å². The van der Waals surface area contributed by atoms with Gasteiger partial charge < -0.3 is 35.4 Å². The minimum atomic E-state index is -0.541. The molecule has 0 heterocycles. The van der Waals surface area contributed by atoms with Gasteiger partial charge in [0, 0.05) is 21.5 Å². The van der Waals surface area contributed by atoms with Crippen molar-refractivity contribution in [1.82, 2.24) is 0 Å². The fourth-order valence-electron chi connectivity index (χ4n) is 1.77. The van der Waals surface area contributed by atoms with E-state index in [2.05, 4.69) is 15.9 Å². The van der Waals surface area contributed by atoms with Gasteiger partial charge in [-0.15, -0.1) is 5.56 Å². The van der Waals surface area contributed by atoms with Gasteiger partial charge in [-0.05, 0) is 11.6 Å². The van der Waals surface area contributed by atoms with Crippen molar-refractivity contribution < 1.29 is 22.2 Å². The molecule has 0 saturated carbocycles. The minimum absolute atomic E-state index is 0. The monoisotopic (exact) mass is 370 g/mol. The summed E-state index contributed by atoms with van der Waals surface area (Å²) in [4.78, 5) is 0. The summed E-state index contributed by atoms with van der Waals surface area (Å²) in [5.41, 5.74) is 1.83. The van der Waals surface area contributed by atoms with Gasteiger partial charge in [-0.3, -0.25) is 0 Å². The van der Waals surface area contributed by atoms with Crippen molar-refractivity contribution in [2.75, 3.05) is 0 Å². The molecule has 0 aliphatic heterocycles. The van der Waals surface area contributed by atoms with E-state index in [0.29, 0.717) is 0 Å². The van der Waals surface area contributed by atoms with Crippen LogP contribution in [0.25, 0.3) is 0 Å². The normalized spacial score (nSPS) is 10.9. The van der Waals surface area contributed by atoms with Crippen LogP contribution in [0, 0.1) is 0 Å². The van der Waals surface area contributed by atoms with Crippen molar-refractivity contribution in [1.29, 1.82) is 0 Å². The molecule has 1 atom stereocenters. The van der Waals surface area contributed by atoms with Crippen LogP contribution < -0.4 is 0 Å². The van der Waals surface area contributed by atoms with E-state index in [1.54, 1.807) is 0 Å². The molecule has 20 heavy (non-hydrogen) atoms. The number of aliphatic hydroxyl groups excluding tert-OH is 1. The molecule has 1 N–H and O–H groups in total. The number of hydrogen-bond acceptors (Lipinski definition) is 1. The van der Waals surface area contributed by atoms with Gasteiger partial charge in [0.15, 0.2) is 0 Å². The molecule has 1 nitrogen and oxygen atoms in total. The molecule has 1 unspecified atom stereocenters. The van der Waals surface area contributed by atoms with E-state index in [1.165, 1.54) is 0 Å². The van der Waals surface area contributed by atoms with E-state index < -0.39 is 6.10 Å². The van der Waals surface area contributed by atoms with Crippen LogP contribution in [0.1, 0.15) is 17.2 Å². The Morgan fingerprint density at radius 1 is 0.900 bits per heavy atom. The van der Waals surface area contributed by atoms with Crippen LogP contribution in [0.2, 0.25) is 0 Å². The second-order valence-corrected chi connectivity index (χ2v) is 4.96. The molecule has 0 aliphatic carbocycles. The standard InChI is InChI=1S/C12H10BrO.C5H5.Fe/c13-11-8-4-3-7-10(11)12(14)9-5-1-2-6-9;1-2-4-5-3-1;/h1-8,12,14H;1-5H;/q-1;-5;. The zero-order valence-corrected chi connectivity index (χ0v) is 13.5. The third kappa shape index (κ3) is 4.77. The first kappa shape index (κ1) is 16.9. The Balaban J connectivity index is 0.000000283. The minimum Gasteiger partial charge on any atom is -0.748 e. The van der Waals surface area contributed by atoms with E-state index in [4.69, 9.17) is 0 Å². The average molecular weight is 371 g/mol. The maximum absolute atomic E-state index is 10.0. The molecule has 110 valence electrons. The van der Waals surface area contributed by atoms with Crippen LogP contribution in [0.3, 0.4) is 0 Å². The summed E-state index contributed by atoms with van der Waals surface area (Å²) in [6.07, 6.45) is -0.541. The number of aliphatic hydroxyl groups is 1. The van der Waals surface area contributed by atoms with Gasteiger partial charge in [0.05, 0.1) is 6.10 Å². The zero-order valence-electron chi connectivity index (χ0n) is 10.8. The van der Waals surface area contributed by atoms with Crippen LogP contribution in [0.4, 0.5) is 0 Å². The Hall–Kier alpha value is -1.12. The molecule has 3 aromatic carbocycles. The zero-order chi connectivity index (χ0) is 13.5. The van der Waals surface area contributed by atoms with E-state index in [9.17, 15) is 5.11 Å². The third-order valence-electron chi connectivity index (χ3n) is 2.76. The first-order valence-corrected chi connectivity index (χ1v) is 6.89. The molecule has 0 fully saturated rings. The number of benzene rings is 1. The molecule has 0 amide bonds. The summed E-state index contributed by atoms with van der Waals surface area (Å²) in [6, 6.07) is 25.4.